The van der Waals surface area contributed by atoms with Gasteiger partial charge in [-0.3, -0.25) is 8.61 Å². The van der Waals surface area contributed by atoms with E-state index >= 15 is 0 Å². The fourth-order valence-corrected chi connectivity index (χ4v) is 16.8. The molecule has 19 nitrogen and oxygen atoms in total. The van der Waals surface area contributed by atoms with Gasteiger partial charge in [0.15, 0.2) is 0 Å². The summed E-state index contributed by atoms with van der Waals surface area (Å²) in [6.45, 7) is 14.0. The van der Waals surface area contributed by atoms with Crippen LogP contribution < -0.4 is 25.8 Å². The molecule has 80 heavy (non-hydrogen) atoms. The quantitative estimate of drug-likeness (QED) is 0.168. The van der Waals surface area contributed by atoms with Gasteiger partial charge in [-0.2, -0.15) is 0 Å². The molecule has 5 saturated heterocycles. The van der Waals surface area contributed by atoms with Gasteiger partial charge in [0.1, 0.15) is 78.7 Å². The summed E-state index contributed by atoms with van der Waals surface area (Å²) in [5, 5.41) is 13.2. The average molecular weight is 1180 g/mol. The fourth-order valence-electron chi connectivity index (χ4n) is 10.9. The standard InChI is InChI=1S/C19H25FN2O4S.C18H24FN3O4S.C15H19FN2O4S.3CH4/c1-12-8-18-19(11-26-12,21-13(2)22(3)27(18,23)24)16-9-15(6-7-17(16)20)25-10-14-4-5-14;1-11-7-16-18(10-26-11,21-17(20)22(2)27(16,23)24)14-8-13(5-6-15(14)19)25-9-12-3-4-12;1-9-6-14-15(8-22-9,12-7-11(19)4-5-13(12)16)17-10(2)18(3)23(14,20)21;;;/h6-7,9,12,14,18,21H,2,4-5,8,10-11H2,1,3H3;5-6,8,11-12,16H,3-4,7,9-10H2,1-2H3,(H2,20,21);4-5,7,9,14,17,19H,2,6,8H2,1,3H3;3*1H4/t12-,18+,19+;11-,16+,18+;9-,14+,15+;;;/m000.../s1. The van der Waals surface area contributed by atoms with E-state index in [9.17, 15) is 43.5 Å². The number of nitrogens with two attached hydrogens (primary N) is 1. The molecule has 0 amide bonds. The number of ether oxygens (including phenoxy) is 5. The van der Waals surface area contributed by atoms with Crippen LogP contribution >= 0.6 is 0 Å². The van der Waals surface area contributed by atoms with E-state index < -0.39 is 79.9 Å². The number of nitrogens with zero attached hydrogens (tertiary/aromatic N) is 4. The number of nitrogens with one attached hydrogen (secondary N) is 2. The van der Waals surface area contributed by atoms with Crippen LogP contribution in [0.15, 0.2) is 84.4 Å². The Hall–Kier alpha value is -5.47. The van der Waals surface area contributed by atoms with Crippen LogP contribution in [0.25, 0.3) is 0 Å². The molecule has 7 fully saturated rings. The van der Waals surface area contributed by atoms with Crippen LogP contribution in [-0.2, 0) is 60.9 Å². The molecule has 8 aliphatic rings. The first-order valence-corrected chi connectivity index (χ1v) is 30.1. The van der Waals surface area contributed by atoms with Crippen molar-refractivity contribution in [2.45, 2.75) is 139 Å². The zero-order valence-electron chi connectivity index (χ0n) is 43.9. The van der Waals surface area contributed by atoms with Crippen LogP contribution in [0.2, 0.25) is 0 Å². The Bertz CT molecular complexity index is 3180. The molecule has 3 aromatic carbocycles. The van der Waals surface area contributed by atoms with Crippen molar-refractivity contribution in [1.29, 1.82) is 0 Å². The Morgan fingerprint density at radius 3 is 1.44 bits per heavy atom. The molecule has 2 aliphatic carbocycles. The zero-order valence-corrected chi connectivity index (χ0v) is 46.3. The summed E-state index contributed by atoms with van der Waals surface area (Å²) in [6.07, 6.45) is 4.46. The van der Waals surface area contributed by atoms with E-state index in [-0.39, 0.29) is 120 Å². The van der Waals surface area contributed by atoms with Crippen LogP contribution in [0.4, 0.5) is 13.2 Å². The maximum absolute atomic E-state index is 14.9. The summed E-state index contributed by atoms with van der Waals surface area (Å²) in [4.78, 5) is 4.45. The molecule has 0 unspecified atom stereocenters. The van der Waals surface area contributed by atoms with Gasteiger partial charge in [-0.25, -0.2) is 47.7 Å². The topological polar surface area (TPSA) is 241 Å². The Morgan fingerprint density at radius 2 is 0.988 bits per heavy atom. The number of aliphatic imine (C=N–C) groups is 1. The molecule has 2 saturated carbocycles. The predicted molar refractivity (Wildman–Crippen MR) is 300 cm³/mol. The molecule has 3 aromatic rings. The van der Waals surface area contributed by atoms with Gasteiger partial charge in [-0.15, -0.1) is 0 Å². The molecule has 9 atom stereocenters. The second-order valence-corrected chi connectivity index (χ2v) is 28.0. The molecule has 5 N–H and O–H groups in total. The van der Waals surface area contributed by atoms with Crippen LogP contribution in [0.1, 0.15) is 105 Å². The first kappa shape index (κ1) is 63.7. The number of hydrogen-bond acceptors (Lipinski definition) is 16. The number of phenolic OH excluding ortho intramolecular Hbond substituents is 1. The average Bonchev–Trinajstić information content (AvgIpc) is 4.34. The molecule has 11 rings (SSSR count). The number of sulfonamides is 3. The van der Waals surface area contributed by atoms with Crippen molar-refractivity contribution in [3.05, 3.63) is 114 Å². The maximum atomic E-state index is 14.9. The highest BCUT2D eigenvalue weighted by Gasteiger charge is 2.60. The second-order valence-electron chi connectivity index (χ2n) is 21.5. The van der Waals surface area contributed by atoms with E-state index in [1.165, 1.54) is 45.4 Å². The molecule has 0 aromatic heterocycles. The van der Waals surface area contributed by atoms with Gasteiger partial charge in [0.2, 0.25) is 36.0 Å². The summed E-state index contributed by atoms with van der Waals surface area (Å²) < 4.78 is 154. The number of phenols is 1. The molecular formula is C55H80F3N7O12S3. The minimum atomic E-state index is -3.81. The van der Waals surface area contributed by atoms with Crippen molar-refractivity contribution in [3.63, 3.8) is 0 Å². The summed E-state index contributed by atoms with van der Waals surface area (Å²) >= 11 is 0. The monoisotopic (exact) mass is 1180 g/mol. The Morgan fingerprint density at radius 1 is 0.613 bits per heavy atom. The van der Waals surface area contributed by atoms with Crippen molar-refractivity contribution < 1.29 is 67.2 Å². The lowest BCUT2D eigenvalue weighted by Crippen LogP contribution is -2.68. The number of guanidine groups is 1. The van der Waals surface area contributed by atoms with E-state index in [0.29, 0.717) is 36.5 Å². The second kappa shape index (κ2) is 23.4. The largest absolute Gasteiger partial charge is 0.508 e. The number of halogens is 3. The summed E-state index contributed by atoms with van der Waals surface area (Å²) in [5.41, 5.74) is 2.36. The van der Waals surface area contributed by atoms with Crippen LogP contribution in [0.5, 0.6) is 17.2 Å². The van der Waals surface area contributed by atoms with Gasteiger partial charge in [0.25, 0.3) is 0 Å². The lowest BCUT2D eigenvalue weighted by molar-refractivity contribution is -0.0338. The summed E-state index contributed by atoms with van der Waals surface area (Å²) in [6, 6.07) is 12.5. The summed E-state index contributed by atoms with van der Waals surface area (Å²) in [7, 11) is -7.02. The molecule has 0 bridgehead atoms. The number of hydrogen-bond donors (Lipinski definition) is 4. The van der Waals surface area contributed by atoms with Gasteiger partial charge in [-0.1, -0.05) is 35.4 Å². The first-order chi connectivity index (χ1) is 36.2. The van der Waals surface area contributed by atoms with Crippen LogP contribution in [-0.4, -0.2) is 137 Å². The lowest BCUT2D eigenvalue weighted by Gasteiger charge is -2.52. The minimum Gasteiger partial charge on any atom is -0.508 e. The van der Waals surface area contributed by atoms with E-state index in [2.05, 4.69) is 28.8 Å². The third-order valence-electron chi connectivity index (χ3n) is 16.0. The van der Waals surface area contributed by atoms with Crippen molar-refractivity contribution in [2.75, 3.05) is 54.2 Å². The van der Waals surface area contributed by atoms with Crippen molar-refractivity contribution in [2.24, 2.45) is 22.6 Å². The molecular weight excluding hydrogens is 1100 g/mol. The normalized spacial score (nSPS) is 31.5. The Kier molecular flexibility index (Phi) is 18.6. The highest BCUT2D eigenvalue weighted by molar-refractivity contribution is 7.90. The number of fused-ring (bicyclic) bond motifs is 3. The van der Waals surface area contributed by atoms with Gasteiger partial charge < -0.3 is 45.2 Å². The summed E-state index contributed by atoms with van der Waals surface area (Å²) in [5.74, 6) is 0.519. The smallest absolute Gasteiger partial charge is 0.243 e. The zero-order chi connectivity index (χ0) is 55.8. The molecule has 446 valence electrons. The lowest BCUT2D eigenvalue weighted by atomic mass is 9.82. The van der Waals surface area contributed by atoms with Gasteiger partial charge in [-0.05, 0) is 132 Å². The van der Waals surface area contributed by atoms with Crippen molar-refractivity contribution in [1.82, 2.24) is 23.5 Å². The van der Waals surface area contributed by atoms with E-state index in [1.54, 1.807) is 38.1 Å². The molecule has 0 spiro atoms. The third kappa shape index (κ3) is 11.6. The molecule has 25 heteroatoms. The Balaban J connectivity index is 0.000000191. The molecule has 0 radical (unpaired) electrons. The number of benzene rings is 3. The van der Waals surface area contributed by atoms with E-state index in [4.69, 9.17) is 29.4 Å². The van der Waals surface area contributed by atoms with Crippen LogP contribution in [0.3, 0.4) is 0 Å². The molecule has 6 aliphatic heterocycles. The predicted octanol–water partition coefficient (Wildman–Crippen LogP) is 7.05. The molecule has 6 heterocycles. The number of rotatable bonds is 9. The fraction of sp³-hybridized carbons (Fsp3) is 0.582. The number of aromatic hydroxyl groups is 1. The van der Waals surface area contributed by atoms with Gasteiger partial charge >= 0.3 is 0 Å². The van der Waals surface area contributed by atoms with Crippen LogP contribution in [0, 0.1) is 29.3 Å². The van der Waals surface area contributed by atoms with E-state index in [1.807, 2.05) is 6.92 Å². The van der Waals surface area contributed by atoms with Gasteiger partial charge in [0, 0.05) is 37.8 Å². The highest BCUT2D eigenvalue weighted by atomic mass is 32.2. The SMILES string of the molecule is C.C.C.C=C1N[C@@]2(c3cc(O)ccc3F)CO[C@@H](C)C[C@H]2S(=O)(=O)N1C.C=C1N[C@@]2(c3cc(OCC4CC4)ccc3F)CO[C@@H](C)C[C@H]2S(=O)(=O)N1C.C[C@H]1C[C@@H]2[C@](c3cc(OCC4CC4)ccc3F)(CO1)N=C(N)N(C)S2(=O)=O. The highest BCUT2D eigenvalue weighted by Crippen LogP contribution is 2.48. The minimum absolute atomic E-state index is 0. The maximum Gasteiger partial charge on any atom is 0.243 e. The van der Waals surface area contributed by atoms with E-state index in [0.717, 1.165) is 44.7 Å². The van der Waals surface area contributed by atoms with Crippen molar-refractivity contribution in [3.8, 4) is 17.2 Å². The first-order valence-electron chi connectivity index (χ1n) is 25.6. The Labute approximate surface area is 470 Å². The van der Waals surface area contributed by atoms with Crippen molar-refractivity contribution >= 4 is 36.0 Å². The van der Waals surface area contributed by atoms with Gasteiger partial charge in [0.05, 0.1) is 51.3 Å². The third-order valence-corrected chi connectivity index (χ3v) is 22.9.